The Balaban J connectivity index is 2.98. The zero-order valence-electron chi connectivity index (χ0n) is 9.21. The van der Waals surface area contributed by atoms with Crippen molar-refractivity contribution in [3.63, 3.8) is 0 Å². The van der Waals surface area contributed by atoms with Crippen LogP contribution in [0.5, 0.6) is 0 Å². The van der Waals surface area contributed by atoms with E-state index in [4.69, 9.17) is 0 Å². The Morgan fingerprint density at radius 2 is 1.94 bits per heavy atom. The Morgan fingerprint density at radius 1 is 1.31 bits per heavy atom. The smallest absolute Gasteiger partial charge is 0.137 e. The van der Waals surface area contributed by atoms with Gasteiger partial charge in [0, 0.05) is 5.41 Å². The second-order valence-corrected chi connectivity index (χ2v) is 4.85. The highest BCUT2D eigenvalue weighted by Gasteiger charge is 2.28. The summed E-state index contributed by atoms with van der Waals surface area (Å²) in [5, 5.41) is 18.7. The van der Waals surface area contributed by atoms with Crippen molar-refractivity contribution in [2.75, 3.05) is 13.2 Å². The minimum atomic E-state index is -0.573. The molecule has 0 aliphatic rings. The van der Waals surface area contributed by atoms with Crippen molar-refractivity contribution < 1.29 is 14.6 Å². The van der Waals surface area contributed by atoms with Gasteiger partial charge in [-0.15, -0.1) is 0 Å². The number of aliphatic hydroxyl groups is 2. The molecule has 4 heteroatoms. The minimum Gasteiger partial charge on any atom is -0.396 e. The van der Waals surface area contributed by atoms with Gasteiger partial charge in [0.1, 0.15) is 5.82 Å². The maximum atomic E-state index is 13.3. The van der Waals surface area contributed by atoms with Gasteiger partial charge in [-0.25, -0.2) is 4.39 Å². The fraction of sp³-hybridized carbons (Fsp3) is 0.500. The summed E-state index contributed by atoms with van der Waals surface area (Å²) < 4.78 is 13.7. The summed E-state index contributed by atoms with van der Waals surface area (Å²) in [6.07, 6.45) is 1.10. The number of rotatable bonds is 5. The third kappa shape index (κ3) is 2.81. The molecule has 0 saturated heterocycles. The molecular weight excluding hydrogens is 275 g/mol. The lowest BCUT2D eigenvalue weighted by molar-refractivity contribution is 0.0512. The Kier molecular flexibility index (Phi) is 4.89. The maximum absolute atomic E-state index is 13.3. The van der Waals surface area contributed by atoms with Crippen LogP contribution in [0.2, 0.25) is 0 Å². The highest BCUT2D eigenvalue weighted by molar-refractivity contribution is 9.10. The highest BCUT2D eigenvalue weighted by atomic mass is 79.9. The van der Waals surface area contributed by atoms with Crippen molar-refractivity contribution in [1.82, 2.24) is 0 Å². The summed E-state index contributed by atoms with van der Waals surface area (Å²) in [6, 6.07) is 4.80. The molecule has 0 aromatic heterocycles. The molecule has 0 radical (unpaired) electrons. The van der Waals surface area contributed by atoms with Crippen LogP contribution in [0.4, 0.5) is 4.39 Å². The van der Waals surface area contributed by atoms with Crippen molar-refractivity contribution in [2.24, 2.45) is 5.41 Å². The lowest BCUT2D eigenvalue weighted by Crippen LogP contribution is -2.31. The molecule has 0 amide bonds. The fourth-order valence-electron chi connectivity index (χ4n) is 1.60. The summed E-state index contributed by atoms with van der Waals surface area (Å²) in [4.78, 5) is 0. The summed E-state index contributed by atoms with van der Waals surface area (Å²) in [5.74, 6) is -0.321. The van der Waals surface area contributed by atoms with E-state index in [-0.39, 0.29) is 19.0 Å². The summed E-state index contributed by atoms with van der Waals surface area (Å²) in [7, 11) is 0. The molecule has 0 aliphatic heterocycles. The van der Waals surface area contributed by atoms with Crippen molar-refractivity contribution >= 4 is 15.9 Å². The van der Waals surface area contributed by atoms with Crippen LogP contribution in [-0.2, 0) is 6.42 Å². The molecule has 1 rings (SSSR count). The Bertz CT molecular complexity index is 343. The third-order valence-electron chi connectivity index (χ3n) is 3.02. The minimum absolute atomic E-state index is 0.108. The van der Waals surface area contributed by atoms with Crippen LogP contribution in [0.25, 0.3) is 0 Å². The van der Waals surface area contributed by atoms with Crippen molar-refractivity contribution in [3.05, 3.63) is 34.1 Å². The van der Waals surface area contributed by atoms with Crippen LogP contribution < -0.4 is 0 Å². The molecule has 2 N–H and O–H groups in total. The van der Waals surface area contributed by atoms with E-state index >= 15 is 0 Å². The molecule has 0 aliphatic carbocycles. The van der Waals surface area contributed by atoms with E-state index in [0.29, 0.717) is 17.3 Å². The fourth-order valence-corrected chi connectivity index (χ4v) is 2.00. The van der Waals surface area contributed by atoms with Gasteiger partial charge in [-0.1, -0.05) is 19.1 Å². The molecular formula is C12H16BrFO2. The quantitative estimate of drug-likeness (QED) is 0.875. The Morgan fingerprint density at radius 3 is 2.44 bits per heavy atom. The van der Waals surface area contributed by atoms with Crippen LogP contribution in [0, 0.1) is 11.2 Å². The molecule has 1 aromatic rings. The van der Waals surface area contributed by atoms with E-state index in [1.807, 2.05) is 6.92 Å². The van der Waals surface area contributed by atoms with E-state index in [1.165, 1.54) is 6.07 Å². The summed E-state index contributed by atoms with van der Waals surface area (Å²) in [6.45, 7) is 1.69. The van der Waals surface area contributed by atoms with Gasteiger partial charge in [-0.2, -0.15) is 0 Å². The van der Waals surface area contributed by atoms with Gasteiger partial charge >= 0.3 is 0 Å². The molecule has 0 saturated carbocycles. The Labute approximate surface area is 103 Å². The van der Waals surface area contributed by atoms with Gasteiger partial charge in [-0.3, -0.25) is 0 Å². The molecule has 0 fully saturated rings. The molecule has 2 nitrogen and oxygen atoms in total. The standard InChI is InChI=1S/C12H16BrFO2/c1-2-12(7-15,8-16)6-9-4-3-5-10(14)11(9)13/h3-5,15-16H,2,6-8H2,1H3. The summed E-state index contributed by atoms with van der Waals surface area (Å²) >= 11 is 3.18. The molecule has 16 heavy (non-hydrogen) atoms. The zero-order valence-corrected chi connectivity index (χ0v) is 10.8. The molecule has 1 aromatic carbocycles. The van der Waals surface area contributed by atoms with Crippen molar-refractivity contribution in [1.29, 1.82) is 0 Å². The van der Waals surface area contributed by atoms with Gasteiger partial charge in [0.05, 0.1) is 17.7 Å². The first kappa shape index (κ1) is 13.6. The van der Waals surface area contributed by atoms with Gasteiger partial charge < -0.3 is 10.2 Å². The molecule has 0 unspecified atom stereocenters. The van der Waals surface area contributed by atoms with Crippen molar-refractivity contribution in [3.8, 4) is 0 Å². The van der Waals surface area contributed by atoms with Crippen LogP contribution in [0.3, 0.4) is 0 Å². The lowest BCUT2D eigenvalue weighted by Gasteiger charge is -2.28. The molecule has 0 heterocycles. The van der Waals surface area contributed by atoms with E-state index < -0.39 is 5.41 Å². The van der Waals surface area contributed by atoms with Crippen LogP contribution in [0.15, 0.2) is 22.7 Å². The maximum Gasteiger partial charge on any atom is 0.137 e. The van der Waals surface area contributed by atoms with Crippen LogP contribution in [-0.4, -0.2) is 23.4 Å². The second-order valence-electron chi connectivity index (χ2n) is 4.06. The lowest BCUT2D eigenvalue weighted by atomic mass is 9.81. The number of halogens is 2. The normalized spacial score (nSPS) is 11.8. The van der Waals surface area contributed by atoms with Crippen LogP contribution in [0.1, 0.15) is 18.9 Å². The van der Waals surface area contributed by atoms with Crippen LogP contribution >= 0.6 is 15.9 Å². The number of hydrogen-bond acceptors (Lipinski definition) is 2. The average Bonchev–Trinajstić information content (AvgIpc) is 2.32. The predicted molar refractivity (Wildman–Crippen MR) is 64.7 cm³/mol. The summed E-state index contributed by atoms with van der Waals surface area (Å²) in [5.41, 5.74) is 0.195. The number of benzene rings is 1. The zero-order chi connectivity index (χ0) is 12.2. The van der Waals surface area contributed by atoms with Crippen molar-refractivity contribution in [2.45, 2.75) is 19.8 Å². The SMILES string of the molecule is CCC(CO)(CO)Cc1cccc(F)c1Br. The van der Waals surface area contributed by atoms with Gasteiger partial charge in [0.25, 0.3) is 0 Å². The molecule has 0 bridgehead atoms. The number of hydrogen-bond donors (Lipinski definition) is 2. The predicted octanol–water partition coefficient (Wildman–Crippen LogP) is 2.51. The molecule has 0 atom stereocenters. The average molecular weight is 291 g/mol. The first-order valence-electron chi connectivity index (χ1n) is 5.23. The monoisotopic (exact) mass is 290 g/mol. The topological polar surface area (TPSA) is 40.5 Å². The highest BCUT2D eigenvalue weighted by Crippen LogP contribution is 2.30. The van der Waals surface area contributed by atoms with Gasteiger partial charge in [-0.05, 0) is 40.4 Å². The largest absolute Gasteiger partial charge is 0.396 e. The number of aliphatic hydroxyl groups excluding tert-OH is 2. The van der Waals surface area contributed by atoms with E-state index in [9.17, 15) is 14.6 Å². The van der Waals surface area contributed by atoms with E-state index in [0.717, 1.165) is 5.56 Å². The molecule has 90 valence electrons. The van der Waals surface area contributed by atoms with E-state index in [2.05, 4.69) is 15.9 Å². The van der Waals surface area contributed by atoms with E-state index in [1.54, 1.807) is 12.1 Å². The first-order valence-corrected chi connectivity index (χ1v) is 6.02. The first-order chi connectivity index (χ1) is 7.58. The van der Waals surface area contributed by atoms with Gasteiger partial charge in [0.2, 0.25) is 0 Å². The third-order valence-corrected chi connectivity index (χ3v) is 3.91. The van der Waals surface area contributed by atoms with Gasteiger partial charge in [0.15, 0.2) is 0 Å². The molecule has 0 spiro atoms. The Hall–Kier alpha value is -0.450. The second kappa shape index (κ2) is 5.75.